The molecular formula is C19H26Cl2F2N6O. The minimum atomic E-state index is -2.99. The third-order valence-electron chi connectivity index (χ3n) is 6.18. The summed E-state index contributed by atoms with van der Waals surface area (Å²) in [6, 6.07) is 3.14. The first-order valence-corrected chi connectivity index (χ1v) is 9.68. The number of nitrogens with zero attached hydrogens (tertiary/aromatic N) is 5. The molecule has 0 saturated carbocycles. The van der Waals surface area contributed by atoms with Crippen LogP contribution in [0.15, 0.2) is 18.5 Å². The van der Waals surface area contributed by atoms with Crippen molar-refractivity contribution < 1.29 is 13.6 Å². The highest BCUT2D eigenvalue weighted by Crippen LogP contribution is 2.42. The first-order chi connectivity index (χ1) is 13.3. The second-order valence-corrected chi connectivity index (χ2v) is 8.39. The third-order valence-corrected chi connectivity index (χ3v) is 6.18. The second-order valence-electron chi connectivity index (χ2n) is 8.39. The van der Waals surface area contributed by atoms with Crippen LogP contribution in [0, 0.1) is 11.3 Å². The molecule has 3 aliphatic heterocycles. The van der Waals surface area contributed by atoms with E-state index in [1.807, 2.05) is 6.07 Å². The number of carbonyl (C=O) groups excluding carboxylic acids is 1. The summed E-state index contributed by atoms with van der Waals surface area (Å²) >= 11 is 0. The average molecular weight is 463 g/mol. The van der Waals surface area contributed by atoms with Crippen molar-refractivity contribution in [1.29, 1.82) is 5.26 Å². The summed E-state index contributed by atoms with van der Waals surface area (Å²) < 4.78 is 27.2. The van der Waals surface area contributed by atoms with Crippen molar-refractivity contribution in [2.45, 2.75) is 68.6 Å². The van der Waals surface area contributed by atoms with Crippen LogP contribution in [0.3, 0.4) is 0 Å². The quantitative estimate of drug-likeness (QED) is 0.739. The Morgan fingerprint density at radius 2 is 1.83 bits per heavy atom. The van der Waals surface area contributed by atoms with Crippen LogP contribution in [0.25, 0.3) is 0 Å². The topological polar surface area (TPSA) is 85.2 Å². The minimum absolute atomic E-state index is 0. The highest BCUT2D eigenvalue weighted by atomic mass is 35.5. The summed E-state index contributed by atoms with van der Waals surface area (Å²) in [5.41, 5.74) is -0.267. The van der Waals surface area contributed by atoms with E-state index >= 15 is 0 Å². The molecule has 11 heteroatoms. The zero-order chi connectivity index (χ0) is 19.9. The predicted octanol–water partition coefficient (Wildman–Crippen LogP) is 2.56. The molecule has 3 saturated heterocycles. The van der Waals surface area contributed by atoms with E-state index in [0.717, 1.165) is 36.5 Å². The molecule has 2 unspecified atom stereocenters. The molecule has 0 radical (unpaired) electrons. The Morgan fingerprint density at radius 1 is 1.23 bits per heavy atom. The maximum atomic E-state index is 13.6. The number of piperidine rings is 1. The molecule has 3 aliphatic rings. The van der Waals surface area contributed by atoms with Crippen LogP contribution >= 0.6 is 24.8 Å². The molecular weight excluding hydrogens is 437 g/mol. The number of aromatic nitrogens is 2. The number of nitrogens with one attached hydrogen (secondary N) is 1. The number of hydrogen-bond acceptors (Lipinski definition) is 6. The fourth-order valence-corrected chi connectivity index (χ4v) is 4.97. The number of nitriles is 1. The summed E-state index contributed by atoms with van der Waals surface area (Å²) in [7, 11) is 0. The number of anilines is 1. The van der Waals surface area contributed by atoms with Gasteiger partial charge in [0.05, 0.1) is 19.2 Å². The SMILES string of the molecule is CC1(NCC(=O)N2CC(F)(F)C[C@H]2C#N)CC2CCC(C1)N2c1ncccn1.Cl.Cl. The van der Waals surface area contributed by atoms with Gasteiger partial charge in [-0.1, -0.05) is 0 Å². The van der Waals surface area contributed by atoms with Gasteiger partial charge >= 0.3 is 0 Å². The van der Waals surface area contributed by atoms with Crippen molar-refractivity contribution in [2.75, 3.05) is 18.0 Å². The molecule has 30 heavy (non-hydrogen) atoms. The molecule has 0 spiro atoms. The van der Waals surface area contributed by atoms with Gasteiger partial charge in [0.15, 0.2) is 0 Å². The molecule has 3 fully saturated rings. The van der Waals surface area contributed by atoms with Crippen LogP contribution in [0.2, 0.25) is 0 Å². The summed E-state index contributed by atoms with van der Waals surface area (Å²) in [6.45, 7) is 1.37. The van der Waals surface area contributed by atoms with Gasteiger partial charge in [-0.3, -0.25) is 4.79 Å². The number of carbonyl (C=O) groups is 1. The van der Waals surface area contributed by atoms with Crippen LogP contribution in [-0.2, 0) is 4.79 Å². The molecule has 7 nitrogen and oxygen atoms in total. The van der Waals surface area contributed by atoms with Crippen LogP contribution in [0.1, 0.15) is 39.0 Å². The van der Waals surface area contributed by atoms with Crippen molar-refractivity contribution in [3.05, 3.63) is 18.5 Å². The second kappa shape index (κ2) is 9.16. The van der Waals surface area contributed by atoms with Gasteiger partial charge in [-0.25, -0.2) is 18.7 Å². The van der Waals surface area contributed by atoms with Crippen molar-refractivity contribution in [3.63, 3.8) is 0 Å². The van der Waals surface area contributed by atoms with E-state index in [4.69, 9.17) is 5.26 Å². The van der Waals surface area contributed by atoms with Crippen LogP contribution in [-0.4, -0.2) is 63.5 Å². The lowest BCUT2D eigenvalue weighted by atomic mass is 9.84. The smallest absolute Gasteiger partial charge is 0.268 e. The zero-order valence-corrected chi connectivity index (χ0v) is 18.3. The molecule has 1 aromatic rings. The highest BCUT2D eigenvalue weighted by Gasteiger charge is 2.49. The van der Waals surface area contributed by atoms with Gasteiger partial charge in [0.2, 0.25) is 11.9 Å². The Kier molecular flexibility index (Phi) is 7.49. The monoisotopic (exact) mass is 462 g/mol. The van der Waals surface area contributed by atoms with Gasteiger partial charge in [-0.05, 0) is 38.7 Å². The summed E-state index contributed by atoms with van der Waals surface area (Å²) in [4.78, 5) is 24.5. The van der Waals surface area contributed by atoms with Gasteiger partial charge in [-0.15, -0.1) is 24.8 Å². The Bertz CT molecular complexity index is 779. The molecule has 0 aromatic carbocycles. The van der Waals surface area contributed by atoms with E-state index in [0.29, 0.717) is 0 Å². The summed E-state index contributed by atoms with van der Waals surface area (Å²) in [5.74, 6) is -2.68. The number of halogens is 4. The average Bonchev–Trinajstić information content (AvgIpc) is 3.14. The standard InChI is InChI=1S/C19H24F2N6O.2ClH/c1-18(25-11-16(28)26-12-19(20,21)9-15(26)10-22)7-13-3-4-14(8-18)27(13)17-23-5-2-6-24-17;;/h2,5-6,13-15,25H,3-4,7-9,11-12H2,1H3;2*1H/t13?,14?,15-,18?;;/m0../s1. The third kappa shape index (κ3) is 4.76. The van der Waals surface area contributed by atoms with E-state index < -0.39 is 30.8 Å². The number of hydrogen-bond donors (Lipinski definition) is 1. The van der Waals surface area contributed by atoms with E-state index in [-0.39, 0.29) is 49.0 Å². The molecule has 1 amide bonds. The maximum Gasteiger partial charge on any atom is 0.268 e. The predicted molar refractivity (Wildman–Crippen MR) is 112 cm³/mol. The van der Waals surface area contributed by atoms with Gasteiger partial charge in [0, 0.05) is 36.4 Å². The van der Waals surface area contributed by atoms with Gasteiger partial charge in [-0.2, -0.15) is 5.26 Å². The number of likely N-dealkylation sites (tertiary alicyclic amines) is 1. The lowest BCUT2D eigenvalue weighted by molar-refractivity contribution is -0.132. The summed E-state index contributed by atoms with van der Waals surface area (Å²) in [6.07, 6.45) is 6.64. The number of rotatable bonds is 4. The molecule has 1 N–H and O–H groups in total. The molecule has 4 heterocycles. The van der Waals surface area contributed by atoms with E-state index in [2.05, 4.69) is 27.1 Å². The Balaban J connectivity index is 0.00000160. The number of fused-ring (bicyclic) bond motifs is 2. The van der Waals surface area contributed by atoms with Crippen LogP contribution in [0.4, 0.5) is 14.7 Å². The van der Waals surface area contributed by atoms with E-state index in [9.17, 15) is 13.6 Å². The molecule has 166 valence electrons. The van der Waals surface area contributed by atoms with E-state index in [1.54, 1.807) is 18.5 Å². The molecule has 3 atom stereocenters. The maximum absolute atomic E-state index is 13.6. The van der Waals surface area contributed by atoms with Gasteiger partial charge in [0.25, 0.3) is 5.92 Å². The lowest BCUT2D eigenvalue weighted by Gasteiger charge is -2.45. The largest absolute Gasteiger partial charge is 0.335 e. The number of alkyl halides is 2. The fourth-order valence-electron chi connectivity index (χ4n) is 4.97. The molecule has 2 bridgehead atoms. The molecule has 1 aromatic heterocycles. The Morgan fingerprint density at radius 3 is 2.40 bits per heavy atom. The molecule has 0 aliphatic carbocycles. The lowest BCUT2D eigenvalue weighted by Crippen LogP contribution is -2.58. The van der Waals surface area contributed by atoms with Crippen molar-refractivity contribution in [3.8, 4) is 6.07 Å². The first-order valence-electron chi connectivity index (χ1n) is 9.68. The Labute approximate surface area is 187 Å². The van der Waals surface area contributed by atoms with Crippen LogP contribution in [0.5, 0.6) is 0 Å². The van der Waals surface area contributed by atoms with Crippen LogP contribution < -0.4 is 10.2 Å². The van der Waals surface area contributed by atoms with Crippen molar-refractivity contribution >= 4 is 36.7 Å². The number of amides is 1. The summed E-state index contributed by atoms with van der Waals surface area (Å²) in [5, 5.41) is 12.4. The van der Waals surface area contributed by atoms with Gasteiger partial charge in [0.1, 0.15) is 6.04 Å². The highest BCUT2D eigenvalue weighted by molar-refractivity contribution is 5.85. The van der Waals surface area contributed by atoms with Crippen molar-refractivity contribution in [2.24, 2.45) is 0 Å². The fraction of sp³-hybridized carbons (Fsp3) is 0.684. The first kappa shape index (κ1) is 24.5. The van der Waals surface area contributed by atoms with E-state index in [1.165, 1.54) is 0 Å². The zero-order valence-electron chi connectivity index (χ0n) is 16.6. The Hall–Kier alpha value is -1.76. The molecule has 4 rings (SSSR count). The minimum Gasteiger partial charge on any atom is -0.335 e. The van der Waals surface area contributed by atoms with Gasteiger partial charge < -0.3 is 15.1 Å². The normalized spacial score (nSPS) is 31.5. The van der Waals surface area contributed by atoms with Crippen molar-refractivity contribution in [1.82, 2.24) is 20.2 Å².